The largest absolute Gasteiger partial charge is 0.508 e. The molecule has 108 valence electrons. The lowest BCUT2D eigenvalue weighted by atomic mass is 10.1. The van der Waals surface area contributed by atoms with Gasteiger partial charge in [-0.1, -0.05) is 0 Å². The standard InChI is InChI=1S/C13H16N2O5/c1-19-13(18)11-7-15(4-5-20-11)12(17)9-6-8(16)2-3-10(9)14/h2-3,6,11,16H,4-5,7,14H2,1H3. The topological polar surface area (TPSA) is 102 Å². The number of esters is 1. The molecule has 0 saturated carbocycles. The number of phenolic OH excluding ortho intramolecular Hbond substituents is 1. The van der Waals surface area contributed by atoms with E-state index in [2.05, 4.69) is 4.74 Å². The molecule has 1 atom stereocenters. The van der Waals surface area contributed by atoms with Crippen LogP contribution in [0.5, 0.6) is 5.75 Å². The summed E-state index contributed by atoms with van der Waals surface area (Å²) in [5, 5.41) is 9.44. The van der Waals surface area contributed by atoms with Gasteiger partial charge in [-0.3, -0.25) is 4.79 Å². The van der Waals surface area contributed by atoms with Gasteiger partial charge in [0.15, 0.2) is 6.10 Å². The van der Waals surface area contributed by atoms with Crippen LogP contribution in [0.15, 0.2) is 18.2 Å². The number of nitrogens with zero attached hydrogens (tertiary/aromatic N) is 1. The molecule has 1 aromatic carbocycles. The number of methoxy groups -OCH3 is 1. The lowest BCUT2D eigenvalue weighted by Gasteiger charge is -2.31. The summed E-state index contributed by atoms with van der Waals surface area (Å²) in [5.74, 6) is -0.915. The van der Waals surface area contributed by atoms with Gasteiger partial charge < -0.3 is 25.2 Å². The van der Waals surface area contributed by atoms with Crippen LogP contribution in [0.4, 0.5) is 5.69 Å². The third kappa shape index (κ3) is 2.83. The average molecular weight is 280 g/mol. The summed E-state index contributed by atoms with van der Waals surface area (Å²) in [5.41, 5.74) is 6.21. The Labute approximate surface area is 115 Å². The van der Waals surface area contributed by atoms with Gasteiger partial charge in [0.05, 0.1) is 25.8 Å². The highest BCUT2D eigenvalue weighted by atomic mass is 16.6. The van der Waals surface area contributed by atoms with Crippen LogP contribution in [0.2, 0.25) is 0 Å². The summed E-state index contributed by atoms with van der Waals surface area (Å²) in [6.45, 7) is 0.687. The maximum absolute atomic E-state index is 12.4. The first-order chi connectivity index (χ1) is 9.52. The molecule has 0 spiro atoms. The molecule has 1 aliphatic heterocycles. The zero-order chi connectivity index (χ0) is 14.7. The molecule has 3 N–H and O–H groups in total. The predicted octanol–water partition coefficient (Wildman–Crippen LogP) is -0.0116. The van der Waals surface area contributed by atoms with Gasteiger partial charge in [0.2, 0.25) is 0 Å². The molecule has 1 fully saturated rings. The zero-order valence-electron chi connectivity index (χ0n) is 11.0. The monoisotopic (exact) mass is 280 g/mol. The molecule has 0 aromatic heterocycles. The average Bonchev–Trinajstić information content (AvgIpc) is 2.48. The maximum atomic E-state index is 12.4. The van der Waals surface area contributed by atoms with Crippen molar-refractivity contribution < 1.29 is 24.2 Å². The van der Waals surface area contributed by atoms with Gasteiger partial charge in [-0.25, -0.2) is 4.79 Å². The Hall–Kier alpha value is -2.28. The number of anilines is 1. The number of phenols is 1. The molecule has 2 rings (SSSR count). The molecule has 20 heavy (non-hydrogen) atoms. The Balaban J connectivity index is 2.16. The Morgan fingerprint density at radius 3 is 2.95 bits per heavy atom. The minimum atomic E-state index is -0.795. The van der Waals surface area contributed by atoms with Gasteiger partial charge in [-0.05, 0) is 18.2 Å². The summed E-state index contributed by atoms with van der Waals surface area (Å²) < 4.78 is 9.85. The number of aromatic hydroxyl groups is 1. The normalized spacial score (nSPS) is 18.6. The summed E-state index contributed by atoms with van der Waals surface area (Å²) >= 11 is 0. The Kier molecular flexibility index (Phi) is 4.09. The molecule has 7 nitrogen and oxygen atoms in total. The number of hydrogen-bond acceptors (Lipinski definition) is 6. The highest BCUT2D eigenvalue weighted by molar-refractivity contribution is 5.99. The number of rotatable bonds is 2. The summed E-state index contributed by atoms with van der Waals surface area (Å²) in [6.07, 6.45) is -0.795. The SMILES string of the molecule is COC(=O)C1CN(C(=O)c2cc(O)ccc2N)CCO1. The van der Waals surface area contributed by atoms with Crippen molar-refractivity contribution in [3.8, 4) is 5.75 Å². The van der Waals surface area contributed by atoms with Crippen LogP contribution in [0.1, 0.15) is 10.4 Å². The second kappa shape index (κ2) is 5.79. The smallest absolute Gasteiger partial charge is 0.336 e. The summed E-state index contributed by atoms with van der Waals surface area (Å²) in [4.78, 5) is 25.3. The van der Waals surface area contributed by atoms with Crippen LogP contribution in [0, 0.1) is 0 Å². The molecule has 1 unspecified atom stereocenters. The third-order valence-electron chi connectivity index (χ3n) is 3.09. The van der Waals surface area contributed by atoms with Crippen LogP contribution in [-0.2, 0) is 14.3 Å². The van der Waals surface area contributed by atoms with E-state index in [9.17, 15) is 14.7 Å². The van der Waals surface area contributed by atoms with Crippen LogP contribution in [0.25, 0.3) is 0 Å². The summed E-state index contributed by atoms with van der Waals surface area (Å²) in [6, 6.07) is 4.17. The number of carbonyl (C=O) groups excluding carboxylic acids is 2. The number of morpholine rings is 1. The van der Waals surface area contributed by atoms with Gasteiger partial charge >= 0.3 is 5.97 Å². The van der Waals surface area contributed by atoms with E-state index in [4.69, 9.17) is 10.5 Å². The fourth-order valence-corrected chi connectivity index (χ4v) is 2.01. The number of benzene rings is 1. The van der Waals surface area contributed by atoms with Gasteiger partial charge in [-0.15, -0.1) is 0 Å². The van der Waals surface area contributed by atoms with E-state index in [-0.39, 0.29) is 36.1 Å². The van der Waals surface area contributed by atoms with E-state index in [0.29, 0.717) is 6.54 Å². The zero-order valence-corrected chi connectivity index (χ0v) is 11.0. The number of nitrogen functional groups attached to an aromatic ring is 1. The fourth-order valence-electron chi connectivity index (χ4n) is 2.01. The Morgan fingerprint density at radius 1 is 1.50 bits per heavy atom. The lowest BCUT2D eigenvalue weighted by Crippen LogP contribution is -2.49. The second-order valence-electron chi connectivity index (χ2n) is 4.41. The number of ether oxygens (including phenoxy) is 2. The Bertz CT molecular complexity index is 531. The highest BCUT2D eigenvalue weighted by Crippen LogP contribution is 2.21. The molecule has 1 saturated heterocycles. The molecular formula is C13H16N2O5. The van der Waals surface area contributed by atoms with Crippen molar-refractivity contribution in [3.05, 3.63) is 23.8 Å². The van der Waals surface area contributed by atoms with E-state index in [1.165, 1.54) is 30.2 Å². The molecule has 1 heterocycles. The maximum Gasteiger partial charge on any atom is 0.336 e. The van der Waals surface area contributed by atoms with Crippen LogP contribution >= 0.6 is 0 Å². The van der Waals surface area contributed by atoms with Crippen LogP contribution in [-0.4, -0.2) is 54.8 Å². The van der Waals surface area contributed by atoms with Gasteiger partial charge in [0.25, 0.3) is 5.91 Å². The van der Waals surface area contributed by atoms with Gasteiger partial charge in [-0.2, -0.15) is 0 Å². The van der Waals surface area contributed by atoms with Gasteiger partial charge in [0, 0.05) is 12.2 Å². The molecule has 0 bridgehead atoms. The quantitative estimate of drug-likeness (QED) is 0.449. The van der Waals surface area contributed by atoms with Crippen molar-refractivity contribution in [2.45, 2.75) is 6.10 Å². The van der Waals surface area contributed by atoms with Crippen LogP contribution in [0.3, 0.4) is 0 Å². The number of carbonyl (C=O) groups is 2. The fraction of sp³-hybridized carbons (Fsp3) is 0.385. The predicted molar refractivity (Wildman–Crippen MR) is 70.2 cm³/mol. The van der Waals surface area contributed by atoms with Gasteiger partial charge in [0.1, 0.15) is 5.75 Å². The van der Waals surface area contributed by atoms with Crippen molar-refractivity contribution in [2.75, 3.05) is 32.5 Å². The lowest BCUT2D eigenvalue weighted by molar-refractivity contribution is -0.158. The molecule has 1 aliphatic rings. The number of hydrogen-bond donors (Lipinski definition) is 2. The number of amides is 1. The van der Waals surface area contributed by atoms with Crippen molar-refractivity contribution in [1.82, 2.24) is 4.90 Å². The first-order valence-electron chi connectivity index (χ1n) is 6.10. The van der Waals surface area contributed by atoms with E-state index in [0.717, 1.165) is 0 Å². The van der Waals surface area contributed by atoms with Crippen molar-refractivity contribution in [2.24, 2.45) is 0 Å². The molecule has 0 aliphatic carbocycles. The van der Waals surface area contributed by atoms with Crippen molar-refractivity contribution in [1.29, 1.82) is 0 Å². The molecule has 7 heteroatoms. The highest BCUT2D eigenvalue weighted by Gasteiger charge is 2.31. The van der Waals surface area contributed by atoms with Crippen molar-refractivity contribution in [3.63, 3.8) is 0 Å². The minimum absolute atomic E-state index is 0.0414. The molecule has 0 radical (unpaired) electrons. The minimum Gasteiger partial charge on any atom is -0.508 e. The van der Waals surface area contributed by atoms with E-state index < -0.39 is 12.1 Å². The summed E-state index contributed by atoms with van der Waals surface area (Å²) in [7, 11) is 1.26. The van der Waals surface area contributed by atoms with E-state index >= 15 is 0 Å². The molecule has 1 amide bonds. The van der Waals surface area contributed by atoms with E-state index in [1.807, 2.05) is 0 Å². The first kappa shape index (κ1) is 14.1. The second-order valence-corrected chi connectivity index (χ2v) is 4.41. The van der Waals surface area contributed by atoms with Crippen LogP contribution < -0.4 is 5.73 Å². The first-order valence-corrected chi connectivity index (χ1v) is 6.10. The van der Waals surface area contributed by atoms with Crippen molar-refractivity contribution >= 4 is 17.6 Å². The molecule has 1 aromatic rings. The molecular weight excluding hydrogens is 264 g/mol. The van der Waals surface area contributed by atoms with E-state index in [1.54, 1.807) is 0 Å². The Morgan fingerprint density at radius 2 is 2.25 bits per heavy atom. The third-order valence-corrected chi connectivity index (χ3v) is 3.09. The number of nitrogens with two attached hydrogens (primary N) is 1.